The molecule has 0 aromatic heterocycles. The molecular formula is C23H29NO2. The summed E-state index contributed by atoms with van der Waals surface area (Å²) in [6, 6.07) is 6.94. The van der Waals surface area contributed by atoms with Crippen molar-refractivity contribution in [3.63, 3.8) is 0 Å². The maximum Gasteiger partial charge on any atom is 0.336 e. The van der Waals surface area contributed by atoms with Crippen molar-refractivity contribution >= 4 is 5.97 Å². The topological polar surface area (TPSA) is 29.5 Å². The summed E-state index contributed by atoms with van der Waals surface area (Å²) in [5.41, 5.74) is 4.42. The molecule has 0 amide bonds. The Morgan fingerprint density at radius 1 is 1.31 bits per heavy atom. The second-order valence-electron chi connectivity index (χ2n) is 8.70. The van der Waals surface area contributed by atoms with Crippen LogP contribution >= 0.6 is 0 Å². The minimum Gasteiger partial charge on any atom is -0.423 e. The smallest absolute Gasteiger partial charge is 0.336 e. The van der Waals surface area contributed by atoms with E-state index < -0.39 is 0 Å². The van der Waals surface area contributed by atoms with Crippen molar-refractivity contribution in [1.29, 1.82) is 0 Å². The quantitative estimate of drug-likeness (QED) is 0.351. The van der Waals surface area contributed by atoms with Crippen molar-refractivity contribution in [2.75, 3.05) is 14.1 Å². The van der Waals surface area contributed by atoms with Gasteiger partial charge in [-0.25, -0.2) is 4.79 Å². The number of benzene rings is 1. The summed E-state index contributed by atoms with van der Waals surface area (Å²) in [4.78, 5) is 14.5. The number of allylic oxidation sites excluding steroid dienone is 3. The Kier molecular flexibility index (Phi) is 4.31. The predicted molar refractivity (Wildman–Crippen MR) is 104 cm³/mol. The zero-order valence-corrected chi connectivity index (χ0v) is 16.3. The highest BCUT2D eigenvalue weighted by atomic mass is 16.5. The minimum atomic E-state index is -0.308. The van der Waals surface area contributed by atoms with Gasteiger partial charge in [-0.3, -0.25) is 0 Å². The SMILES string of the molecule is CC(C)=C/C=C/C(=O)Oc1ccc2c(c1)[C@@]13CCC1C[C@@H]3[C@@H](N(C)C)C2. The third-order valence-corrected chi connectivity index (χ3v) is 6.85. The van der Waals surface area contributed by atoms with E-state index in [1.54, 1.807) is 6.08 Å². The molecule has 0 N–H and O–H groups in total. The number of carbonyl (C=O) groups excluding carboxylic acids is 1. The predicted octanol–water partition coefficient (Wildman–Crippen LogP) is 4.27. The Balaban J connectivity index is 1.59. The molecule has 2 fully saturated rings. The van der Waals surface area contributed by atoms with Crippen LogP contribution in [0.2, 0.25) is 0 Å². The fraction of sp³-hybridized carbons (Fsp3) is 0.522. The Morgan fingerprint density at radius 3 is 2.73 bits per heavy atom. The van der Waals surface area contributed by atoms with Crippen LogP contribution in [0.4, 0.5) is 0 Å². The number of fused-ring (bicyclic) bond motifs is 1. The van der Waals surface area contributed by atoms with Crippen molar-refractivity contribution in [2.45, 2.75) is 51.0 Å². The second-order valence-corrected chi connectivity index (χ2v) is 8.70. The number of hydrogen-bond acceptors (Lipinski definition) is 3. The van der Waals surface area contributed by atoms with E-state index in [4.69, 9.17) is 4.74 Å². The van der Waals surface area contributed by atoms with Gasteiger partial charge < -0.3 is 9.64 Å². The van der Waals surface area contributed by atoms with Crippen molar-refractivity contribution < 1.29 is 9.53 Å². The molecule has 2 saturated carbocycles. The molecule has 0 radical (unpaired) electrons. The summed E-state index contributed by atoms with van der Waals surface area (Å²) in [5.74, 6) is 1.96. The fourth-order valence-corrected chi connectivity index (χ4v) is 5.50. The molecule has 3 aliphatic rings. The number of nitrogens with zero attached hydrogens (tertiary/aromatic N) is 1. The molecule has 0 bridgehead atoms. The molecule has 4 rings (SSSR count). The molecule has 1 aromatic carbocycles. The number of hydrogen-bond donors (Lipinski definition) is 0. The lowest BCUT2D eigenvalue weighted by Gasteiger charge is -2.69. The van der Waals surface area contributed by atoms with Crippen LogP contribution < -0.4 is 4.74 Å². The molecule has 0 saturated heterocycles. The van der Waals surface area contributed by atoms with Crippen LogP contribution in [-0.2, 0) is 16.6 Å². The van der Waals surface area contributed by atoms with Gasteiger partial charge in [0.1, 0.15) is 5.75 Å². The molecule has 1 unspecified atom stereocenters. The lowest BCUT2D eigenvalue weighted by Crippen LogP contribution is -2.67. The molecule has 138 valence electrons. The third kappa shape index (κ3) is 2.64. The molecule has 3 aliphatic carbocycles. The summed E-state index contributed by atoms with van der Waals surface area (Å²) in [7, 11) is 4.43. The van der Waals surface area contributed by atoms with E-state index in [0.717, 1.165) is 23.8 Å². The maximum atomic E-state index is 12.1. The molecule has 1 aromatic rings. The van der Waals surface area contributed by atoms with Gasteiger partial charge >= 0.3 is 5.97 Å². The number of rotatable bonds is 4. The monoisotopic (exact) mass is 351 g/mol. The molecule has 0 heterocycles. The number of esters is 1. The van der Waals surface area contributed by atoms with E-state index in [1.807, 2.05) is 26.0 Å². The van der Waals surface area contributed by atoms with Crippen LogP contribution in [0.15, 0.2) is 42.0 Å². The summed E-state index contributed by atoms with van der Waals surface area (Å²) < 4.78 is 5.58. The van der Waals surface area contributed by atoms with Gasteiger partial charge in [0.2, 0.25) is 0 Å². The number of carbonyl (C=O) groups is 1. The average Bonchev–Trinajstić information content (AvgIpc) is 2.57. The van der Waals surface area contributed by atoms with Crippen molar-refractivity contribution in [1.82, 2.24) is 4.90 Å². The highest BCUT2D eigenvalue weighted by Crippen LogP contribution is 2.69. The zero-order valence-electron chi connectivity index (χ0n) is 16.3. The maximum absolute atomic E-state index is 12.1. The highest BCUT2D eigenvalue weighted by Gasteiger charge is 2.65. The van der Waals surface area contributed by atoms with E-state index in [1.165, 1.54) is 36.5 Å². The van der Waals surface area contributed by atoms with Crippen molar-refractivity contribution in [3.8, 4) is 5.75 Å². The summed E-state index contributed by atoms with van der Waals surface area (Å²) in [6.07, 6.45) is 10.3. The first kappa shape index (κ1) is 17.5. The normalized spacial score (nSPS) is 31.3. The van der Waals surface area contributed by atoms with E-state index in [2.05, 4.69) is 31.1 Å². The summed E-state index contributed by atoms with van der Waals surface area (Å²) in [5, 5.41) is 0. The molecule has 3 nitrogen and oxygen atoms in total. The molecule has 3 heteroatoms. The molecule has 26 heavy (non-hydrogen) atoms. The van der Waals surface area contributed by atoms with Crippen LogP contribution in [0, 0.1) is 11.8 Å². The summed E-state index contributed by atoms with van der Waals surface area (Å²) in [6.45, 7) is 4.01. The van der Waals surface area contributed by atoms with Gasteiger partial charge in [0.25, 0.3) is 0 Å². The van der Waals surface area contributed by atoms with Crippen LogP contribution in [0.5, 0.6) is 5.75 Å². The molecule has 1 spiro atoms. The first-order chi connectivity index (χ1) is 12.4. The Hall–Kier alpha value is -1.87. The first-order valence-electron chi connectivity index (χ1n) is 9.75. The first-order valence-corrected chi connectivity index (χ1v) is 9.75. The number of ether oxygens (including phenoxy) is 1. The standard InChI is InChI=1S/C23H29NO2/c1-15(2)6-5-7-22(25)26-18-9-8-16-12-21(24(3)4)20-13-17-10-11-23(17,20)19(16)14-18/h5-9,14,17,20-21H,10-13H2,1-4H3/b7-5+/t17?,20-,21+,23-/m1/s1. The van der Waals surface area contributed by atoms with Crippen LogP contribution in [0.1, 0.15) is 44.2 Å². The van der Waals surface area contributed by atoms with Gasteiger partial charge in [-0.2, -0.15) is 0 Å². The van der Waals surface area contributed by atoms with E-state index in [9.17, 15) is 4.79 Å². The van der Waals surface area contributed by atoms with Gasteiger partial charge in [0, 0.05) is 17.5 Å². The van der Waals surface area contributed by atoms with Crippen LogP contribution in [0.3, 0.4) is 0 Å². The Morgan fingerprint density at radius 2 is 2.12 bits per heavy atom. The molecular weight excluding hydrogens is 322 g/mol. The van der Waals surface area contributed by atoms with Gasteiger partial charge in [-0.05, 0) is 88.7 Å². The van der Waals surface area contributed by atoms with Crippen molar-refractivity contribution in [2.24, 2.45) is 11.8 Å². The molecule has 4 atom stereocenters. The number of likely N-dealkylation sites (N-methyl/N-ethyl adjacent to an activating group) is 1. The fourth-order valence-electron chi connectivity index (χ4n) is 5.50. The van der Waals surface area contributed by atoms with Crippen LogP contribution in [-0.4, -0.2) is 31.0 Å². The minimum absolute atomic E-state index is 0.308. The third-order valence-electron chi connectivity index (χ3n) is 6.85. The average molecular weight is 351 g/mol. The lowest BCUT2D eigenvalue weighted by atomic mass is 9.36. The lowest BCUT2D eigenvalue weighted by molar-refractivity contribution is -0.129. The Labute approximate surface area is 156 Å². The second kappa shape index (κ2) is 6.38. The van der Waals surface area contributed by atoms with E-state index >= 15 is 0 Å². The highest BCUT2D eigenvalue weighted by molar-refractivity contribution is 5.84. The largest absolute Gasteiger partial charge is 0.423 e. The zero-order chi connectivity index (χ0) is 18.5. The Bertz CT molecular complexity index is 787. The van der Waals surface area contributed by atoms with Crippen molar-refractivity contribution in [3.05, 3.63) is 53.1 Å². The van der Waals surface area contributed by atoms with Gasteiger partial charge in [-0.1, -0.05) is 23.8 Å². The van der Waals surface area contributed by atoms with Crippen LogP contribution in [0.25, 0.3) is 0 Å². The summed E-state index contributed by atoms with van der Waals surface area (Å²) >= 11 is 0. The molecule has 0 aliphatic heterocycles. The van der Waals surface area contributed by atoms with Gasteiger partial charge in [0.05, 0.1) is 0 Å². The van der Waals surface area contributed by atoms with E-state index in [0.29, 0.717) is 17.2 Å². The van der Waals surface area contributed by atoms with E-state index in [-0.39, 0.29) is 5.97 Å². The van der Waals surface area contributed by atoms with Gasteiger partial charge in [0.15, 0.2) is 0 Å². The van der Waals surface area contributed by atoms with Gasteiger partial charge in [-0.15, -0.1) is 0 Å².